The lowest BCUT2D eigenvalue weighted by molar-refractivity contribution is 0.0762. The fourth-order valence-electron chi connectivity index (χ4n) is 4.18. The number of benzene rings is 1. The van der Waals surface area contributed by atoms with Crippen molar-refractivity contribution >= 4 is 11.9 Å². The first kappa shape index (κ1) is 19.7. The molecular weight excluding hydrogens is 338 g/mol. The largest absolute Gasteiger partial charge is 0.337 e. The van der Waals surface area contributed by atoms with Gasteiger partial charge in [-0.2, -0.15) is 0 Å². The summed E-state index contributed by atoms with van der Waals surface area (Å²) in [4.78, 5) is 28.8. The maximum Gasteiger partial charge on any atom is 0.317 e. The highest BCUT2D eigenvalue weighted by Crippen LogP contribution is 2.32. The topological polar surface area (TPSA) is 52.7 Å². The van der Waals surface area contributed by atoms with Crippen LogP contribution in [0, 0.1) is 0 Å². The van der Waals surface area contributed by atoms with Crippen LogP contribution >= 0.6 is 0 Å². The zero-order chi connectivity index (χ0) is 19.2. The Labute approximate surface area is 163 Å². The summed E-state index contributed by atoms with van der Waals surface area (Å²) in [5.41, 5.74) is 2.13. The van der Waals surface area contributed by atoms with E-state index >= 15 is 0 Å². The van der Waals surface area contributed by atoms with Gasteiger partial charge in [-0.05, 0) is 56.7 Å². The third kappa shape index (κ3) is 5.24. The van der Waals surface area contributed by atoms with E-state index < -0.39 is 0 Å². The van der Waals surface area contributed by atoms with Gasteiger partial charge < -0.3 is 15.1 Å². The molecular formula is C22H33N3O2. The molecule has 3 amide bonds. The third-order valence-electron chi connectivity index (χ3n) is 5.72. The van der Waals surface area contributed by atoms with Gasteiger partial charge in [-0.15, -0.1) is 0 Å². The van der Waals surface area contributed by atoms with Gasteiger partial charge in [-0.3, -0.25) is 4.79 Å². The standard InChI is InChI=1S/C22H33N3O2/c1-17(2)23-22(27)25-14-6-13-24(15-16-25)21(26)20-11-9-19(10-12-20)18-7-4-3-5-8-18/h9-12,17-18H,3-8,13-16H2,1-2H3,(H,23,27). The molecule has 0 radical (unpaired) electrons. The fourth-order valence-corrected chi connectivity index (χ4v) is 4.18. The van der Waals surface area contributed by atoms with Gasteiger partial charge in [0.25, 0.3) is 5.91 Å². The number of amides is 3. The van der Waals surface area contributed by atoms with Crippen molar-refractivity contribution in [2.75, 3.05) is 26.2 Å². The predicted molar refractivity (Wildman–Crippen MR) is 108 cm³/mol. The van der Waals surface area contributed by atoms with E-state index in [0.29, 0.717) is 32.1 Å². The minimum Gasteiger partial charge on any atom is -0.337 e. The summed E-state index contributed by atoms with van der Waals surface area (Å²) in [5.74, 6) is 0.741. The molecule has 0 aromatic heterocycles. The number of carbonyl (C=O) groups excluding carboxylic acids is 2. The van der Waals surface area contributed by atoms with Crippen LogP contribution in [0.3, 0.4) is 0 Å². The van der Waals surface area contributed by atoms with Gasteiger partial charge >= 0.3 is 6.03 Å². The molecule has 5 heteroatoms. The molecule has 1 aliphatic carbocycles. The van der Waals surface area contributed by atoms with E-state index in [9.17, 15) is 9.59 Å². The summed E-state index contributed by atoms with van der Waals surface area (Å²) >= 11 is 0. The second kappa shape index (κ2) is 9.25. The van der Waals surface area contributed by atoms with Crippen molar-refractivity contribution in [1.82, 2.24) is 15.1 Å². The Morgan fingerprint density at radius 2 is 1.52 bits per heavy atom. The summed E-state index contributed by atoms with van der Waals surface area (Å²) in [5, 5.41) is 2.94. The van der Waals surface area contributed by atoms with Crippen molar-refractivity contribution < 1.29 is 9.59 Å². The van der Waals surface area contributed by atoms with E-state index in [0.717, 1.165) is 12.0 Å². The van der Waals surface area contributed by atoms with E-state index in [4.69, 9.17) is 0 Å². The molecule has 2 aliphatic rings. The molecule has 2 fully saturated rings. The predicted octanol–water partition coefficient (Wildman–Crippen LogP) is 4.00. The van der Waals surface area contributed by atoms with Crippen LogP contribution in [0.1, 0.15) is 74.2 Å². The van der Waals surface area contributed by atoms with Gasteiger partial charge in [-0.1, -0.05) is 31.4 Å². The zero-order valence-corrected chi connectivity index (χ0v) is 16.7. The number of carbonyl (C=O) groups is 2. The Morgan fingerprint density at radius 1 is 0.889 bits per heavy atom. The molecule has 5 nitrogen and oxygen atoms in total. The van der Waals surface area contributed by atoms with Crippen molar-refractivity contribution in [3.63, 3.8) is 0 Å². The van der Waals surface area contributed by atoms with Crippen LogP contribution in [0.2, 0.25) is 0 Å². The van der Waals surface area contributed by atoms with Crippen LogP contribution in [0.25, 0.3) is 0 Å². The first-order valence-corrected chi connectivity index (χ1v) is 10.5. The average Bonchev–Trinajstić information content (AvgIpc) is 2.94. The Hall–Kier alpha value is -2.04. The van der Waals surface area contributed by atoms with Gasteiger partial charge in [-0.25, -0.2) is 4.79 Å². The lowest BCUT2D eigenvalue weighted by atomic mass is 9.84. The summed E-state index contributed by atoms with van der Waals surface area (Å²) in [6.07, 6.45) is 7.35. The number of nitrogens with zero attached hydrogens (tertiary/aromatic N) is 2. The molecule has 1 N–H and O–H groups in total. The normalized spacial score (nSPS) is 19.1. The maximum atomic E-state index is 12.9. The molecule has 27 heavy (non-hydrogen) atoms. The first-order chi connectivity index (χ1) is 13.0. The molecule has 0 spiro atoms. The van der Waals surface area contributed by atoms with Crippen molar-refractivity contribution in [2.45, 2.75) is 64.3 Å². The van der Waals surface area contributed by atoms with Crippen molar-refractivity contribution in [2.24, 2.45) is 0 Å². The van der Waals surface area contributed by atoms with Crippen LogP contribution in [0.4, 0.5) is 4.79 Å². The summed E-state index contributed by atoms with van der Waals surface area (Å²) < 4.78 is 0. The smallest absolute Gasteiger partial charge is 0.317 e. The fraction of sp³-hybridized carbons (Fsp3) is 0.636. The number of hydrogen-bond acceptors (Lipinski definition) is 2. The van der Waals surface area contributed by atoms with Crippen molar-refractivity contribution in [3.05, 3.63) is 35.4 Å². The highest BCUT2D eigenvalue weighted by atomic mass is 16.2. The molecule has 1 aliphatic heterocycles. The monoisotopic (exact) mass is 371 g/mol. The van der Waals surface area contributed by atoms with Crippen molar-refractivity contribution in [1.29, 1.82) is 0 Å². The van der Waals surface area contributed by atoms with E-state index in [1.54, 1.807) is 0 Å². The van der Waals surface area contributed by atoms with Crippen molar-refractivity contribution in [3.8, 4) is 0 Å². The van der Waals surface area contributed by atoms with Crippen LogP contribution in [-0.4, -0.2) is 54.0 Å². The minimum absolute atomic E-state index is 0.0314. The third-order valence-corrected chi connectivity index (χ3v) is 5.72. The number of hydrogen-bond donors (Lipinski definition) is 1. The second-order valence-corrected chi connectivity index (χ2v) is 8.19. The summed E-state index contributed by atoms with van der Waals surface area (Å²) in [6.45, 7) is 6.50. The Morgan fingerprint density at radius 3 is 2.19 bits per heavy atom. The molecule has 1 saturated carbocycles. The maximum absolute atomic E-state index is 12.9. The van der Waals surface area contributed by atoms with E-state index in [2.05, 4.69) is 17.4 Å². The van der Waals surface area contributed by atoms with Crippen LogP contribution in [-0.2, 0) is 0 Å². The van der Waals surface area contributed by atoms with Crippen LogP contribution in [0.5, 0.6) is 0 Å². The van der Waals surface area contributed by atoms with E-state index in [1.165, 1.54) is 37.7 Å². The highest BCUT2D eigenvalue weighted by molar-refractivity contribution is 5.94. The van der Waals surface area contributed by atoms with Crippen LogP contribution in [0.15, 0.2) is 24.3 Å². The molecule has 1 saturated heterocycles. The zero-order valence-electron chi connectivity index (χ0n) is 16.7. The van der Waals surface area contributed by atoms with Gasteiger partial charge in [0.05, 0.1) is 0 Å². The molecule has 1 aromatic carbocycles. The molecule has 1 heterocycles. The van der Waals surface area contributed by atoms with Gasteiger partial charge in [0, 0.05) is 37.8 Å². The Balaban J connectivity index is 1.58. The molecule has 0 bridgehead atoms. The number of nitrogens with one attached hydrogen (secondary N) is 1. The average molecular weight is 372 g/mol. The quantitative estimate of drug-likeness (QED) is 0.873. The van der Waals surface area contributed by atoms with Gasteiger partial charge in [0.1, 0.15) is 0 Å². The van der Waals surface area contributed by atoms with E-state index in [1.807, 2.05) is 35.8 Å². The Bertz CT molecular complexity index is 635. The van der Waals surface area contributed by atoms with Crippen LogP contribution < -0.4 is 5.32 Å². The Kier molecular flexibility index (Phi) is 6.75. The number of rotatable bonds is 3. The molecule has 1 aromatic rings. The minimum atomic E-state index is -0.0314. The van der Waals surface area contributed by atoms with Gasteiger partial charge in [0.15, 0.2) is 0 Å². The summed E-state index contributed by atoms with van der Waals surface area (Å²) in [6, 6.07) is 8.35. The number of urea groups is 1. The highest BCUT2D eigenvalue weighted by Gasteiger charge is 2.23. The molecule has 148 valence electrons. The molecule has 0 unspecified atom stereocenters. The lowest BCUT2D eigenvalue weighted by Gasteiger charge is -2.24. The second-order valence-electron chi connectivity index (χ2n) is 8.19. The van der Waals surface area contributed by atoms with E-state index in [-0.39, 0.29) is 18.0 Å². The van der Waals surface area contributed by atoms with Gasteiger partial charge in [0.2, 0.25) is 0 Å². The first-order valence-electron chi connectivity index (χ1n) is 10.5. The molecule has 3 rings (SSSR count). The molecule has 0 atom stereocenters. The SMILES string of the molecule is CC(C)NC(=O)N1CCCN(C(=O)c2ccc(C3CCCCC3)cc2)CC1. The summed E-state index contributed by atoms with van der Waals surface area (Å²) in [7, 11) is 0. The lowest BCUT2D eigenvalue weighted by Crippen LogP contribution is -2.44.